The first-order valence-electron chi connectivity index (χ1n) is 8.63. The van der Waals surface area contributed by atoms with E-state index in [1.165, 1.54) is 24.4 Å². The van der Waals surface area contributed by atoms with Gasteiger partial charge >= 0.3 is 0 Å². The summed E-state index contributed by atoms with van der Waals surface area (Å²) >= 11 is 11.8. The number of hydrogen-bond acceptors (Lipinski definition) is 4. The molecule has 1 heterocycles. The van der Waals surface area contributed by atoms with Gasteiger partial charge < -0.3 is 15.1 Å². The Morgan fingerprint density at radius 3 is 2.59 bits per heavy atom. The van der Waals surface area contributed by atoms with Crippen molar-refractivity contribution in [1.29, 1.82) is 0 Å². The molecule has 0 bridgehead atoms. The van der Waals surface area contributed by atoms with Gasteiger partial charge in [-0.2, -0.15) is 0 Å². The van der Waals surface area contributed by atoms with Gasteiger partial charge in [-0.1, -0.05) is 23.2 Å². The molecule has 3 rings (SSSR count). The maximum Gasteiger partial charge on any atom is 0.243 e. The van der Waals surface area contributed by atoms with Gasteiger partial charge in [-0.15, -0.1) is 0 Å². The average Bonchev–Trinajstić information content (AvgIpc) is 3.17. The first-order chi connectivity index (χ1) is 13.9. The SMILES string of the molecule is O=C(CCc1ncc(-c2ccc(F)cc2)o1)NCC(=O)Nc1cc(Cl)ccc1Cl. The second-order valence-electron chi connectivity index (χ2n) is 6.07. The van der Waals surface area contributed by atoms with Crippen LogP contribution in [0, 0.1) is 5.82 Å². The fourth-order valence-corrected chi connectivity index (χ4v) is 2.79. The van der Waals surface area contributed by atoms with E-state index in [1.54, 1.807) is 24.3 Å². The fourth-order valence-electron chi connectivity index (χ4n) is 2.45. The van der Waals surface area contributed by atoms with E-state index in [4.69, 9.17) is 27.6 Å². The zero-order valence-electron chi connectivity index (χ0n) is 15.0. The molecule has 0 aliphatic heterocycles. The summed E-state index contributed by atoms with van der Waals surface area (Å²) < 4.78 is 18.5. The molecule has 0 aliphatic carbocycles. The summed E-state index contributed by atoms with van der Waals surface area (Å²) in [6, 6.07) is 10.5. The van der Waals surface area contributed by atoms with Crippen LogP contribution >= 0.6 is 23.2 Å². The number of nitrogens with zero attached hydrogens (tertiary/aromatic N) is 1. The van der Waals surface area contributed by atoms with Crippen molar-refractivity contribution < 1.29 is 18.4 Å². The Kier molecular flexibility index (Phi) is 6.85. The normalized spacial score (nSPS) is 10.6. The standard InChI is InChI=1S/C20H16Cl2FN3O3/c21-13-3-6-15(22)16(9-13)26-19(28)11-24-18(27)7-8-20-25-10-17(29-20)12-1-4-14(23)5-2-12/h1-6,9-10H,7-8,11H2,(H,24,27)(H,26,28). The maximum absolute atomic E-state index is 13.0. The van der Waals surface area contributed by atoms with E-state index in [0.29, 0.717) is 32.9 Å². The van der Waals surface area contributed by atoms with Crippen LogP contribution in [0.25, 0.3) is 11.3 Å². The smallest absolute Gasteiger partial charge is 0.243 e. The summed E-state index contributed by atoms with van der Waals surface area (Å²) in [5.41, 5.74) is 1.05. The molecule has 29 heavy (non-hydrogen) atoms. The predicted octanol–water partition coefficient (Wildman–Crippen LogP) is 4.48. The summed E-state index contributed by atoms with van der Waals surface area (Å²) in [6.45, 7) is -0.214. The van der Waals surface area contributed by atoms with Gasteiger partial charge in [0.25, 0.3) is 0 Å². The Bertz CT molecular complexity index is 1020. The summed E-state index contributed by atoms with van der Waals surface area (Å²) in [5.74, 6) is -0.254. The number of halogens is 3. The van der Waals surface area contributed by atoms with E-state index in [2.05, 4.69) is 15.6 Å². The van der Waals surface area contributed by atoms with Crippen molar-refractivity contribution in [3.63, 3.8) is 0 Å². The van der Waals surface area contributed by atoms with Crippen LogP contribution in [-0.4, -0.2) is 23.3 Å². The highest BCUT2D eigenvalue weighted by Gasteiger charge is 2.11. The first-order valence-corrected chi connectivity index (χ1v) is 9.38. The van der Waals surface area contributed by atoms with Crippen LogP contribution in [0.15, 0.2) is 53.1 Å². The number of oxazole rings is 1. The van der Waals surface area contributed by atoms with Crippen LogP contribution in [-0.2, 0) is 16.0 Å². The van der Waals surface area contributed by atoms with E-state index >= 15 is 0 Å². The van der Waals surface area contributed by atoms with Crippen molar-refractivity contribution in [1.82, 2.24) is 10.3 Å². The van der Waals surface area contributed by atoms with Gasteiger partial charge in [0, 0.05) is 23.4 Å². The summed E-state index contributed by atoms with van der Waals surface area (Å²) in [6.07, 6.45) is 1.87. The highest BCUT2D eigenvalue weighted by Crippen LogP contribution is 2.25. The summed E-state index contributed by atoms with van der Waals surface area (Å²) in [4.78, 5) is 28.0. The lowest BCUT2D eigenvalue weighted by Gasteiger charge is -2.08. The lowest BCUT2D eigenvalue weighted by Crippen LogP contribution is -2.33. The third-order valence-electron chi connectivity index (χ3n) is 3.90. The van der Waals surface area contributed by atoms with E-state index in [9.17, 15) is 14.0 Å². The lowest BCUT2D eigenvalue weighted by atomic mass is 10.2. The molecule has 2 amide bonds. The number of nitrogens with one attached hydrogen (secondary N) is 2. The van der Waals surface area contributed by atoms with Crippen LogP contribution in [0.1, 0.15) is 12.3 Å². The summed E-state index contributed by atoms with van der Waals surface area (Å²) in [7, 11) is 0. The van der Waals surface area contributed by atoms with Crippen LogP contribution in [0.2, 0.25) is 10.0 Å². The molecule has 150 valence electrons. The second kappa shape index (κ2) is 9.54. The van der Waals surface area contributed by atoms with Gasteiger partial charge in [-0.3, -0.25) is 9.59 Å². The van der Waals surface area contributed by atoms with Crippen molar-refractivity contribution in [2.45, 2.75) is 12.8 Å². The molecule has 1 aromatic heterocycles. The number of carbonyl (C=O) groups is 2. The molecule has 2 aromatic carbocycles. The number of aryl methyl sites for hydroxylation is 1. The van der Waals surface area contributed by atoms with Crippen LogP contribution in [0.4, 0.5) is 10.1 Å². The molecule has 9 heteroatoms. The zero-order chi connectivity index (χ0) is 20.8. The van der Waals surface area contributed by atoms with Gasteiger partial charge in [-0.05, 0) is 42.5 Å². The molecule has 0 saturated heterocycles. The summed E-state index contributed by atoms with van der Waals surface area (Å²) in [5, 5.41) is 5.86. The van der Waals surface area contributed by atoms with Gasteiger partial charge in [-0.25, -0.2) is 9.37 Å². The fraction of sp³-hybridized carbons (Fsp3) is 0.150. The van der Waals surface area contributed by atoms with Crippen molar-refractivity contribution in [2.24, 2.45) is 0 Å². The lowest BCUT2D eigenvalue weighted by molar-refractivity contribution is -0.124. The number of carbonyl (C=O) groups excluding carboxylic acids is 2. The zero-order valence-corrected chi connectivity index (χ0v) is 16.6. The Labute approximate surface area is 176 Å². The molecule has 6 nitrogen and oxygen atoms in total. The molecule has 0 aliphatic rings. The Morgan fingerprint density at radius 1 is 1.07 bits per heavy atom. The van der Waals surface area contributed by atoms with Crippen molar-refractivity contribution >= 4 is 40.7 Å². The van der Waals surface area contributed by atoms with Crippen molar-refractivity contribution in [3.8, 4) is 11.3 Å². The molecule has 0 radical (unpaired) electrons. The molecule has 0 spiro atoms. The largest absolute Gasteiger partial charge is 0.441 e. The minimum absolute atomic E-state index is 0.0918. The van der Waals surface area contributed by atoms with Gasteiger partial charge in [0.15, 0.2) is 11.7 Å². The number of aromatic nitrogens is 1. The third kappa shape index (κ3) is 6.04. The monoisotopic (exact) mass is 435 g/mol. The second-order valence-corrected chi connectivity index (χ2v) is 6.92. The topological polar surface area (TPSA) is 84.2 Å². The minimum Gasteiger partial charge on any atom is -0.441 e. The first kappa shape index (κ1) is 20.8. The molecule has 0 unspecified atom stereocenters. The Balaban J connectivity index is 1.45. The van der Waals surface area contributed by atoms with E-state index in [0.717, 1.165) is 0 Å². The van der Waals surface area contributed by atoms with E-state index < -0.39 is 5.91 Å². The quantitative estimate of drug-likeness (QED) is 0.572. The van der Waals surface area contributed by atoms with Crippen molar-refractivity contribution in [2.75, 3.05) is 11.9 Å². The molecule has 0 fully saturated rings. The number of hydrogen-bond donors (Lipinski definition) is 2. The minimum atomic E-state index is -0.433. The van der Waals surface area contributed by atoms with Crippen molar-refractivity contribution in [3.05, 3.63) is 70.4 Å². The average molecular weight is 436 g/mol. The van der Waals surface area contributed by atoms with Crippen LogP contribution < -0.4 is 10.6 Å². The van der Waals surface area contributed by atoms with Crippen LogP contribution in [0.5, 0.6) is 0 Å². The number of amides is 2. The molecule has 0 saturated carbocycles. The predicted molar refractivity (Wildman–Crippen MR) is 108 cm³/mol. The third-order valence-corrected chi connectivity index (χ3v) is 4.46. The molecule has 2 N–H and O–H groups in total. The van der Waals surface area contributed by atoms with E-state index in [-0.39, 0.29) is 31.1 Å². The Hall–Kier alpha value is -2.90. The maximum atomic E-state index is 13.0. The highest BCUT2D eigenvalue weighted by molar-refractivity contribution is 6.35. The van der Waals surface area contributed by atoms with Gasteiger partial charge in [0.1, 0.15) is 5.82 Å². The molecular weight excluding hydrogens is 420 g/mol. The number of rotatable bonds is 7. The molecule has 0 atom stereocenters. The Morgan fingerprint density at radius 2 is 1.83 bits per heavy atom. The molecule has 3 aromatic rings. The van der Waals surface area contributed by atoms with Crippen LogP contribution in [0.3, 0.4) is 0 Å². The number of benzene rings is 2. The molecular formula is C20H16Cl2FN3O3. The van der Waals surface area contributed by atoms with Gasteiger partial charge in [0.05, 0.1) is 23.5 Å². The van der Waals surface area contributed by atoms with E-state index in [1.807, 2.05) is 0 Å². The highest BCUT2D eigenvalue weighted by atomic mass is 35.5. The van der Waals surface area contributed by atoms with Gasteiger partial charge in [0.2, 0.25) is 11.8 Å². The number of anilines is 1.